The quantitative estimate of drug-likeness (QED) is 0.789. The molecule has 0 bridgehead atoms. The first-order chi connectivity index (χ1) is 9.17. The van der Waals surface area contributed by atoms with Crippen molar-refractivity contribution in [1.29, 1.82) is 0 Å². The summed E-state index contributed by atoms with van der Waals surface area (Å²) in [5, 5.41) is 3.60. The Morgan fingerprint density at radius 3 is 2.11 bits per heavy atom. The molecule has 0 aromatic heterocycles. The van der Waals surface area contributed by atoms with Crippen LogP contribution >= 0.6 is 0 Å². The van der Waals surface area contributed by atoms with Crippen molar-refractivity contribution in [2.24, 2.45) is 10.8 Å². The molecule has 2 aliphatic rings. The molecular weight excluding hydrogens is 232 g/mol. The predicted octanol–water partition coefficient (Wildman–Crippen LogP) is 3.67. The molecule has 19 heavy (non-hydrogen) atoms. The molecule has 112 valence electrons. The Bertz CT molecular complexity index is 254. The minimum atomic E-state index is 0.590. The number of nitrogens with zero attached hydrogens (tertiary/aromatic N) is 1. The molecule has 2 rings (SSSR count). The van der Waals surface area contributed by atoms with Crippen LogP contribution in [-0.2, 0) is 0 Å². The largest absolute Gasteiger partial charge is 0.316 e. The first-order valence-electron chi connectivity index (χ1n) is 8.61. The van der Waals surface area contributed by atoms with Gasteiger partial charge in [-0.3, -0.25) is 0 Å². The second-order valence-electron chi connectivity index (χ2n) is 7.16. The van der Waals surface area contributed by atoms with Crippen LogP contribution in [0.5, 0.6) is 0 Å². The number of hydrogen-bond donors (Lipinski definition) is 1. The number of hydrogen-bond acceptors (Lipinski definition) is 2. The molecule has 0 saturated carbocycles. The van der Waals surface area contributed by atoms with E-state index >= 15 is 0 Å². The summed E-state index contributed by atoms with van der Waals surface area (Å²) < 4.78 is 0. The fourth-order valence-corrected chi connectivity index (χ4v) is 4.37. The van der Waals surface area contributed by atoms with E-state index in [-0.39, 0.29) is 0 Å². The van der Waals surface area contributed by atoms with E-state index in [4.69, 9.17) is 0 Å². The van der Waals surface area contributed by atoms with Crippen LogP contribution < -0.4 is 5.32 Å². The lowest BCUT2D eigenvalue weighted by molar-refractivity contribution is 0.0617. The second kappa shape index (κ2) is 6.58. The van der Waals surface area contributed by atoms with Crippen molar-refractivity contribution in [3.63, 3.8) is 0 Å². The minimum absolute atomic E-state index is 0.590. The van der Waals surface area contributed by atoms with Crippen LogP contribution in [0.25, 0.3) is 0 Å². The molecular formula is C17H34N2. The Morgan fingerprint density at radius 2 is 1.63 bits per heavy atom. The molecule has 2 saturated heterocycles. The van der Waals surface area contributed by atoms with Gasteiger partial charge in [-0.2, -0.15) is 0 Å². The van der Waals surface area contributed by atoms with Crippen molar-refractivity contribution >= 4 is 0 Å². The fraction of sp³-hybridized carbons (Fsp3) is 1.00. The van der Waals surface area contributed by atoms with Gasteiger partial charge in [0.2, 0.25) is 0 Å². The third-order valence-electron chi connectivity index (χ3n) is 6.09. The Labute approximate surface area is 120 Å². The van der Waals surface area contributed by atoms with Gasteiger partial charge in [-0.1, -0.05) is 40.0 Å². The Hall–Kier alpha value is -0.0800. The van der Waals surface area contributed by atoms with Gasteiger partial charge in [0.25, 0.3) is 0 Å². The van der Waals surface area contributed by atoms with Crippen molar-refractivity contribution in [2.75, 3.05) is 32.7 Å². The Morgan fingerprint density at radius 1 is 0.947 bits per heavy atom. The zero-order chi connectivity index (χ0) is 13.8. The zero-order valence-electron chi connectivity index (χ0n) is 13.4. The van der Waals surface area contributed by atoms with Crippen molar-refractivity contribution in [3.05, 3.63) is 0 Å². The summed E-state index contributed by atoms with van der Waals surface area (Å²) in [6, 6.07) is 0. The van der Waals surface area contributed by atoms with Gasteiger partial charge in [-0.15, -0.1) is 0 Å². The molecule has 0 aromatic rings. The van der Waals surface area contributed by atoms with Crippen molar-refractivity contribution in [3.8, 4) is 0 Å². The van der Waals surface area contributed by atoms with Crippen LogP contribution in [-0.4, -0.2) is 37.6 Å². The number of likely N-dealkylation sites (tertiary alicyclic amines) is 1. The summed E-state index contributed by atoms with van der Waals surface area (Å²) in [5.41, 5.74) is 1.26. The average molecular weight is 266 g/mol. The maximum atomic E-state index is 3.60. The van der Waals surface area contributed by atoms with Crippen LogP contribution in [0.1, 0.15) is 65.7 Å². The lowest BCUT2D eigenvalue weighted by Crippen LogP contribution is -2.45. The first-order valence-corrected chi connectivity index (χ1v) is 8.61. The average Bonchev–Trinajstić information content (AvgIpc) is 2.89. The predicted molar refractivity (Wildman–Crippen MR) is 83.5 cm³/mol. The van der Waals surface area contributed by atoms with E-state index in [2.05, 4.69) is 31.0 Å². The summed E-state index contributed by atoms with van der Waals surface area (Å²) in [6.07, 6.45) is 9.74. The molecule has 0 aliphatic carbocycles. The topological polar surface area (TPSA) is 15.3 Å². The van der Waals surface area contributed by atoms with Gasteiger partial charge in [-0.25, -0.2) is 0 Å². The van der Waals surface area contributed by atoms with E-state index < -0.39 is 0 Å². The van der Waals surface area contributed by atoms with E-state index in [0.29, 0.717) is 10.8 Å². The Kier molecular flexibility index (Phi) is 5.30. The number of nitrogens with one attached hydrogen (secondary N) is 1. The van der Waals surface area contributed by atoms with Gasteiger partial charge in [0.15, 0.2) is 0 Å². The van der Waals surface area contributed by atoms with Gasteiger partial charge in [0.1, 0.15) is 0 Å². The Balaban J connectivity index is 1.87. The second-order valence-corrected chi connectivity index (χ2v) is 7.16. The maximum Gasteiger partial charge on any atom is 0.00506 e. The molecule has 1 unspecified atom stereocenters. The molecule has 2 fully saturated rings. The van der Waals surface area contributed by atoms with Gasteiger partial charge < -0.3 is 10.2 Å². The standard InChI is InChI=1S/C17H34N2/c1-4-7-17(8-11-18-14-17)15-19-12-9-16(5-2,6-3)10-13-19/h18H,4-15H2,1-3H3. The van der Waals surface area contributed by atoms with Crippen LogP contribution in [0.15, 0.2) is 0 Å². The van der Waals surface area contributed by atoms with Crippen molar-refractivity contribution < 1.29 is 0 Å². The third-order valence-corrected chi connectivity index (χ3v) is 6.09. The molecule has 2 heterocycles. The highest BCUT2D eigenvalue weighted by Crippen LogP contribution is 2.40. The fourth-order valence-electron chi connectivity index (χ4n) is 4.37. The van der Waals surface area contributed by atoms with E-state index in [1.54, 1.807) is 0 Å². The van der Waals surface area contributed by atoms with Crippen LogP contribution in [0.2, 0.25) is 0 Å². The molecule has 0 amide bonds. The minimum Gasteiger partial charge on any atom is -0.316 e. The molecule has 0 spiro atoms. The molecule has 2 aliphatic heterocycles. The first kappa shape index (κ1) is 15.3. The molecule has 1 atom stereocenters. The molecule has 2 nitrogen and oxygen atoms in total. The number of rotatable bonds is 6. The van der Waals surface area contributed by atoms with E-state index in [0.717, 1.165) is 0 Å². The van der Waals surface area contributed by atoms with Gasteiger partial charge in [0, 0.05) is 13.1 Å². The van der Waals surface area contributed by atoms with Crippen LogP contribution in [0.4, 0.5) is 0 Å². The van der Waals surface area contributed by atoms with Crippen LogP contribution in [0.3, 0.4) is 0 Å². The van der Waals surface area contributed by atoms with E-state index in [1.165, 1.54) is 77.7 Å². The highest BCUT2D eigenvalue weighted by molar-refractivity contribution is 4.92. The van der Waals surface area contributed by atoms with Crippen LogP contribution in [0, 0.1) is 10.8 Å². The van der Waals surface area contributed by atoms with E-state index in [1.807, 2.05) is 0 Å². The summed E-state index contributed by atoms with van der Waals surface area (Å²) >= 11 is 0. The summed E-state index contributed by atoms with van der Waals surface area (Å²) in [4.78, 5) is 2.77. The van der Waals surface area contributed by atoms with E-state index in [9.17, 15) is 0 Å². The third kappa shape index (κ3) is 3.52. The lowest BCUT2D eigenvalue weighted by Gasteiger charge is -2.44. The van der Waals surface area contributed by atoms with Gasteiger partial charge in [0.05, 0.1) is 0 Å². The van der Waals surface area contributed by atoms with Crippen molar-refractivity contribution in [1.82, 2.24) is 10.2 Å². The highest BCUT2D eigenvalue weighted by Gasteiger charge is 2.37. The molecule has 2 heteroatoms. The smallest absolute Gasteiger partial charge is 0.00506 e. The summed E-state index contributed by atoms with van der Waals surface area (Å²) in [7, 11) is 0. The normalized spacial score (nSPS) is 31.7. The molecule has 0 radical (unpaired) electrons. The molecule has 1 N–H and O–H groups in total. The summed E-state index contributed by atoms with van der Waals surface area (Å²) in [6.45, 7) is 13.6. The van der Waals surface area contributed by atoms with Gasteiger partial charge in [-0.05, 0) is 56.1 Å². The van der Waals surface area contributed by atoms with Crippen molar-refractivity contribution in [2.45, 2.75) is 65.7 Å². The van der Waals surface area contributed by atoms with Gasteiger partial charge >= 0.3 is 0 Å². The molecule has 0 aromatic carbocycles. The summed E-state index contributed by atoms with van der Waals surface area (Å²) in [5.74, 6) is 0. The SMILES string of the molecule is CCCC1(CN2CCC(CC)(CC)CC2)CCNC1. The zero-order valence-corrected chi connectivity index (χ0v) is 13.4. The highest BCUT2D eigenvalue weighted by atomic mass is 15.1. The maximum absolute atomic E-state index is 3.60. The lowest BCUT2D eigenvalue weighted by atomic mass is 9.73. The monoisotopic (exact) mass is 266 g/mol. The number of piperidine rings is 1.